The maximum atomic E-state index is 12.1. The van der Waals surface area contributed by atoms with Crippen molar-refractivity contribution >= 4 is 11.0 Å². The summed E-state index contributed by atoms with van der Waals surface area (Å²) in [5.74, 6) is 0. The van der Waals surface area contributed by atoms with Crippen molar-refractivity contribution in [2.45, 2.75) is 6.04 Å². The Labute approximate surface area is 89.9 Å². The molecule has 0 aromatic carbocycles. The van der Waals surface area contributed by atoms with Crippen LogP contribution < -0.4 is 16.6 Å². The number of rotatable bonds is 1. The standard InChI is InChI=1S/C10H10N4O2/c15-9-7-2-1-3-12-8(7)13-10(16)14(9)6-4-11-5-6/h1-3,6,11H,4-5H2,(H,12,13,16). The van der Waals surface area contributed by atoms with Crippen molar-refractivity contribution in [1.82, 2.24) is 19.9 Å². The fourth-order valence-electron chi connectivity index (χ4n) is 1.85. The Morgan fingerprint density at radius 2 is 2.19 bits per heavy atom. The zero-order valence-electron chi connectivity index (χ0n) is 8.43. The van der Waals surface area contributed by atoms with Crippen LogP contribution in [0.4, 0.5) is 0 Å². The van der Waals surface area contributed by atoms with E-state index in [0.717, 1.165) is 0 Å². The van der Waals surface area contributed by atoms with Gasteiger partial charge in [0.05, 0.1) is 11.4 Å². The number of hydrogen-bond acceptors (Lipinski definition) is 4. The normalized spacial score (nSPS) is 16.2. The first-order valence-corrected chi connectivity index (χ1v) is 5.07. The van der Waals surface area contributed by atoms with Gasteiger partial charge in [-0.05, 0) is 12.1 Å². The van der Waals surface area contributed by atoms with E-state index in [-0.39, 0.29) is 17.3 Å². The topological polar surface area (TPSA) is 79.8 Å². The summed E-state index contributed by atoms with van der Waals surface area (Å²) in [6.45, 7) is 1.32. The Morgan fingerprint density at radius 1 is 1.38 bits per heavy atom. The minimum absolute atomic E-state index is 0.0409. The lowest BCUT2D eigenvalue weighted by Crippen LogP contribution is -2.51. The van der Waals surface area contributed by atoms with Crippen molar-refractivity contribution in [3.63, 3.8) is 0 Å². The predicted molar refractivity (Wildman–Crippen MR) is 58.5 cm³/mol. The van der Waals surface area contributed by atoms with Crippen molar-refractivity contribution in [3.05, 3.63) is 39.2 Å². The molecule has 1 aliphatic rings. The van der Waals surface area contributed by atoms with Gasteiger partial charge in [-0.1, -0.05) is 0 Å². The second kappa shape index (κ2) is 3.28. The summed E-state index contributed by atoms with van der Waals surface area (Å²) in [7, 11) is 0. The highest BCUT2D eigenvalue weighted by Crippen LogP contribution is 2.07. The van der Waals surface area contributed by atoms with Crippen LogP contribution in [0.15, 0.2) is 27.9 Å². The van der Waals surface area contributed by atoms with Gasteiger partial charge in [0.15, 0.2) is 0 Å². The highest BCUT2D eigenvalue weighted by molar-refractivity contribution is 5.72. The second-order valence-electron chi connectivity index (χ2n) is 3.82. The third kappa shape index (κ3) is 1.20. The average molecular weight is 218 g/mol. The molecule has 16 heavy (non-hydrogen) atoms. The van der Waals surface area contributed by atoms with Gasteiger partial charge in [0, 0.05) is 19.3 Å². The molecule has 0 amide bonds. The van der Waals surface area contributed by atoms with Crippen molar-refractivity contribution in [2.24, 2.45) is 0 Å². The molecule has 0 bridgehead atoms. The van der Waals surface area contributed by atoms with E-state index >= 15 is 0 Å². The molecule has 1 aliphatic heterocycles. The molecular weight excluding hydrogens is 208 g/mol. The molecule has 0 radical (unpaired) electrons. The van der Waals surface area contributed by atoms with Crippen LogP contribution in [0.2, 0.25) is 0 Å². The van der Waals surface area contributed by atoms with Crippen LogP contribution in [0.1, 0.15) is 6.04 Å². The molecule has 2 N–H and O–H groups in total. The molecule has 3 heterocycles. The maximum absolute atomic E-state index is 12.1. The van der Waals surface area contributed by atoms with E-state index in [0.29, 0.717) is 24.1 Å². The quantitative estimate of drug-likeness (QED) is 0.658. The molecular formula is C10H10N4O2. The van der Waals surface area contributed by atoms with Crippen LogP contribution in [0.25, 0.3) is 11.0 Å². The van der Waals surface area contributed by atoms with E-state index in [2.05, 4.69) is 15.3 Å². The highest BCUT2D eigenvalue weighted by atomic mass is 16.2. The highest BCUT2D eigenvalue weighted by Gasteiger charge is 2.23. The van der Waals surface area contributed by atoms with Gasteiger partial charge in [-0.15, -0.1) is 0 Å². The van der Waals surface area contributed by atoms with Gasteiger partial charge in [0.1, 0.15) is 5.65 Å². The number of H-pyrrole nitrogens is 1. The molecule has 6 nitrogen and oxygen atoms in total. The summed E-state index contributed by atoms with van der Waals surface area (Å²) in [6.07, 6.45) is 1.55. The minimum Gasteiger partial charge on any atom is -0.312 e. The third-order valence-corrected chi connectivity index (χ3v) is 2.83. The van der Waals surface area contributed by atoms with Gasteiger partial charge in [0.25, 0.3) is 5.56 Å². The molecule has 6 heteroatoms. The molecule has 0 aliphatic carbocycles. The molecule has 3 rings (SSSR count). The van der Waals surface area contributed by atoms with E-state index < -0.39 is 0 Å². The Balaban J connectivity index is 2.37. The minimum atomic E-state index is -0.386. The van der Waals surface area contributed by atoms with Crippen LogP contribution in [0.3, 0.4) is 0 Å². The fraction of sp³-hybridized carbons (Fsp3) is 0.300. The molecule has 1 saturated heterocycles. The number of aromatic nitrogens is 3. The van der Waals surface area contributed by atoms with Crippen LogP contribution in [-0.4, -0.2) is 27.6 Å². The number of nitrogens with zero attached hydrogens (tertiary/aromatic N) is 2. The largest absolute Gasteiger partial charge is 0.330 e. The van der Waals surface area contributed by atoms with Gasteiger partial charge in [-0.25, -0.2) is 9.78 Å². The molecule has 0 unspecified atom stereocenters. The zero-order chi connectivity index (χ0) is 11.1. The van der Waals surface area contributed by atoms with E-state index in [9.17, 15) is 9.59 Å². The van der Waals surface area contributed by atoms with Crippen LogP contribution in [0.5, 0.6) is 0 Å². The fourth-order valence-corrected chi connectivity index (χ4v) is 1.85. The Kier molecular flexibility index (Phi) is 1.90. The Morgan fingerprint density at radius 3 is 2.88 bits per heavy atom. The lowest BCUT2D eigenvalue weighted by atomic mass is 10.2. The first-order chi connectivity index (χ1) is 7.77. The number of aromatic amines is 1. The lowest BCUT2D eigenvalue weighted by Gasteiger charge is -2.28. The molecule has 2 aromatic heterocycles. The second-order valence-corrected chi connectivity index (χ2v) is 3.82. The number of nitrogens with one attached hydrogen (secondary N) is 2. The summed E-state index contributed by atoms with van der Waals surface area (Å²) in [5.41, 5.74) is -0.304. The third-order valence-electron chi connectivity index (χ3n) is 2.83. The summed E-state index contributed by atoms with van der Waals surface area (Å²) < 4.78 is 1.26. The van der Waals surface area contributed by atoms with Crippen molar-refractivity contribution < 1.29 is 0 Å². The molecule has 2 aromatic rings. The SMILES string of the molecule is O=c1[nH]c2ncccc2c(=O)n1C1CNC1. The average Bonchev–Trinajstić information content (AvgIpc) is 2.21. The Bertz CT molecular complexity index is 654. The molecule has 1 fully saturated rings. The lowest BCUT2D eigenvalue weighted by molar-refractivity contribution is 0.327. The van der Waals surface area contributed by atoms with Gasteiger partial charge >= 0.3 is 5.69 Å². The smallest absolute Gasteiger partial charge is 0.312 e. The van der Waals surface area contributed by atoms with E-state index in [1.807, 2.05) is 0 Å². The Hall–Kier alpha value is -1.95. The van der Waals surface area contributed by atoms with Crippen molar-refractivity contribution in [1.29, 1.82) is 0 Å². The van der Waals surface area contributed by atoms with Gasteiger partial charge in [0.2, 0.25) is 0 Å². The maximum Gasteiger partial charge on any atom is 0.330 e. The van der Waals surface area contributed by atoms with Crippen molar-refractivity contribution in [3.8, 4) is 0 Å². The molecule has 82 valence electrons. The van der Waals surface area contributed by atoms with Gasteiger partial charge in [-0.2, -0.15) is 0 Å². The molecule has 0 spiro atoms. The summed E-state index contributed by atoms with van der Waals surface area (Å²) in [6, 6.07) is 3.31. The number of hydrogen-bond donors (Lipinski definition) is 2. The summed E-state index contributed by atoms with van der Waals surface area (Å²) >= 11 is 0. The summed E-state index contributed by atoms with van der Waals surface area (Å²) in [4.78, 5) is 30.4. The van der Waals surface area contributed by atoms with Crippen LogP contribution >= 0.6 is 0 Å². The molecule has 0 atom stereocenters. The van der Waals surface area contributed by atoms with E-state index in [4.69, 9.17) is 0 Å². The van der Waals surface area contributed by atoms with E-state index in [1.165, 1.54) is 4.57 Å². The van der Waals surface area contributed by atoms with Crippen LogP contribution in [-0.2, 0) is 0 Å². The first-order valence-electron chi connectivity index (χ1n) is 5.07. The zero-order valence-corrected chi connectivity index (χ0v) is 8.43. The first kappa shape index (κ1) is 9.29. The van der Waals surface area contributed by atoms with E-state index in [1.54, 1.807) is 18.3 Å². The summed E-state index contributed by atoms with van der Waals surface area (Å²) in [5, 5.41) is 3.49. The monoisotopic (exact) mass is 218 g/mol. The van der Waals surface area contributed by atoms with Crippen LogP contribution in [0, 0.1) is 0 Å². The number of fused-ring (bicyclic) bond motifs is 1. The van der Waals surface area contributed by atoms with Gasteiger partial charge in [-0.3, -0.25) is 14.3 Å². The number of pyridine rings is 1. The van der Waals surface area contributed by atoms with Crippen molar-refractivity contribution in [2.75, 3.05) is 13.1 Å². The predicted octanol–water partition coefficient (Wildman–Crippen LogP) is -0.771. The van der Waals surface area contributed by atoms with Gasteiger partial charge < -0.3 is 5.32 Å². The molecule has 0 saturated carbocycles.